The van der Waals surface area contributed by atoms with Gasteiger partial charge in [-0.25, -0.2) is 0 Å². The molecule has 0 radical (unpaired) electrons. The van der Waals surface area contributed by atoms with Crippen molar-refractivity contribution >= 4 is 29.2 Å². The van der Waals surface area contributed by atoms with Crippen LogP contribution in [0.15, 0.2) is 249 Å². The topological polar surface area (TPSA) is 3.24 Å². The molecule has 0 aromatic heterocycles. The lowest BCUT2D eigenvalue weighted by Crippen LogP contribution is -2.28. The smallest absolute Gasteiger partial charge is 0.0713 e. The van der Waals surface area contributed by atoms with Crippen molar-refractivity contribution in [3.63, 3.8) is 0 Å². The zero-order valence-corrected chi connectivity index (χ0v) is 39.2. The SMILES string of the molecule is CCC1(CC)c2cc(/C=C/c3cccc4c3-c3ccccc3C4(c3ccccc3)c3ccccc3)ccc2-c2ccc(N(c3ccccc3)c3ccc(-c4ccc(-c5ccccc5)cc4)cc3)cc21. The second kappa shape index (κ2) is 17.4. The number of benzene rings is 10. The van der Waals surface area contributed by atoms with Crippen molar-refractivity contribution < 1.29 is 0 Å². The molecule has 1 heteroatoms. The molecule has 2 aliphatic rings. The zero-order chi connectivity index (χ0) is 46.4. The van der Waals surface area contributed by atoms with Gasteiger partial charge in [0.05, 0.1) is 5.41 Å². The molecule has 0 aliphatic heterocycles. The van der Waals surface area contributed by atoms with Gasteiger partial charge < -0.3 is 4.90 Å². The zero-order valence-electron chi connectivity index (χ0n) is 39.2. The van der Waals surface area contributed by atoms with Gasteiger partial charge in [-0.15, -0.1) is 0 Å². The predicted octanol–water partition coefficient (Wildman–Crippen LogP) is 18.1. The highest BCUT2D eigenvalue weighted by atomic mass is 15.1. The summed E-state index contributed by atoms with van der Waals surface area (Å²) in [4.78, 5) is 2.41. The molecular weight excluding hydrogens is 831 g/mol. The van der Waals surface area contributed by atoms with E-state index in [1.165, 1.54) is 94.7 Å². The van der Waals surface area contributed by atoms with Crippen LogP contribution in [0.1, 0.15) is 71.2 Å². The molecule has 0 saturated carbocycles. The summed E-state index contributed by atoms with van der Waals surface area (Å²) in [5, 5.41) is 0. The van der Waals surface area contributed by atoms with E-state index in [0.29, 0.717) is 0 Å². The molecule has 0 bridgehead atoms. The summed E-state index contributed by atoms with van der Waals surface area (Å²) in [6.45, 7) is 4.74. The van der Waals surface area contributed by atoms with Gasteiger partial charge in [-0.3, -0.25) is 0 Å². The van der Waals surface area contributed by atoms with E-state index in [9.17, 15) is 0 Å². The molecule has 0 unspecified atom stereocenters. The van der Waals surface area contributed by atoms with E-state index >= 15 is 0 Å². The van der Waals surface area contributed by atoms with Gasteiger partial charge in [-0.1, -0.05) is 238 Å². The summed E-state index contributed by atoms with van der Waals surface area (Å²) >= 11 is 0. The fourth-order valence-electron chi connectivity index (χ4n) is 11.9. The van der Waals surface area contributed by atoms with Gasteiger partial charge in [-0.2, -0.15) is 0 Å². The molecule has 0 fully saturated rings. The third kappa shape index (κ3) is 6.91. The molecule has 10 aromatic rings. The van der Waals surface area contributed by atoms with Crippen molar-refractivity contribution in [1.29, 1.82) is 0 Å². The molecule has 0 saturated heterocycles. The first kappa shape index (κ1) is 42.1. The summed E-state index contributed by atoms with van der Waals surface area (Å²) in [6.07, 6.45) is 6.71. The Hall–Kier alpha value is -8.26. The molecule has 0 atom stereocenters. The standard InChI is InChI=1S/C68H53N/c1-3-67(4-2)64-46-48(32-34-53-22-19-31-63-66(53)61-29-17-18-30-62(61)68(63,54-23-11-6-12-24-54)55-25-13-7-14-26-55)33-44-59(64)60-45-43-58(47-65(60)67)69(56-27-15-8-16-28-56)57-41-39-52(40-42-57)51-37-35-50(36-38-51)49-20-9-5-10-21-49/h5-47H,3-4H2,1-2H3/b34-32+. The van der Waals surface area contributed by atoms with Crippen LogP contribution in [-0.2, 0) is 10.8 Å². The third-order valence-corrected chi connectivity index (χ3v) is 15.3. The number of fused-ring (bicyclic) bond motifs is 6. The second-order valence-electron chi connectivity index (χ2n) is 18.6. The minimum Gasteiger partial charge on any atom is -0.310 e. The maximum absolute atomic E-state index is 2.48. The molecule has 0 N–H and O–H groups in total. The molecule has 69 heavy (non-hydrogen) atoms. The van der Waals surface area contributed by atoms with Crippen LogP contribution in [0.2, 0.25) is 0 Å². The Kier molecular flexibility index (Phi) is 10.6. The number of hydrogen-bond acceptors (Lipinski definition) is 1. The Morgan fingerprint density at radius 2 is 0.826 bits per heavy atom. The van der Waals surface area contributed by atoms with Crippen LogP contribution in [0.5, 0.6) is 0 Å². The van der Waals surface area contributed by atoms with Crippen molar-refractivity contribution in [3.8, 4) is 44.5 Å². The van der Waals surface area contributed by atoms with Gasteiger partial charge in [0.25, 0.3) is 0 Å². The summed E-state index contributed by atoms with van der Waals surface area (Å²) < 4.78 is 0. The summed E-state index contributed by atoms with van der Waals surface area (Å²) in [7, 11) is 0. The van der Waals surface area contributed by atoms with Crippen molar-refractivity contribution in [1.82, 2.24) is 0 Å². The fraction of sp³-hybridized carbons (Fsp3) is 0.0882. The maximum atomic E-state index is 2.48. The largest absolute Gasteiger partial charge is 0.310 e. The minimum absolute atomic E-state index is 0.124. The van der Waals surface area contributed by atoms with Crippen molar-refractivity contribution in [2.75, 3.05) is 4.90 Å². The first-order valence-electron chi connectivity index (χ1n) is 24.5. The van der Waals surface area contributed by atoms with Crippen LogP contribution in [0, 0.1) is 0 Å². The van der Waals surface area contributed by atoms with Gasteiger partial charge in [0.1, 0.15) is 0 Å². The molecule has 0 amide bonds. The molecule has 330 valence electrons. The average Bonchev–Trinajstić information content (AvgIpc) is 3.89. The highest BCUT2D eigenvalue weighted by Crippen LogP contribution is 2.58. The summed E-state index contributed by atoms with van der Waals surface area (Å²) in [6, 6.07) is 91.8. The number of rotatable bonds is 11. The molecular formula is C68H53N. The average molecular weight is 884 g/mol. The Bertz CT molecular complexity index is 3440. The monoisotopic (exact) mass is 883 g/mol. The number of hydrogen-bond donors (Lipinski definition) is 0. The molecule has 1 nitrogen and oxygen atoms in total. The number of nitrogens with zero attached hydrogens (tertiary/aromatic N) is 1. The Morgan fingerprint density at radius 3 is 1.45 bits per heavy atom. The van der Waals surface area contributed by atoms with E-state index in [-0.39, 0.29) is 5.41 Å². The first-order chi connectivity index (χ1) is 34.1. The van der Waals surface area contributed by atoms with E-state index in [2.05, 4.69) is 280 Å². The van der Waals surface area contributed by atoms with E-state index in [1.54, 1.807) is 0 Å². The van der Waals surface area contributed by atoms with Crippen LogP contribution >= 0.6 is 0 Å². The highest BCUT2D eigenvalue weighted by molar-refractivity contribution is 5.94. The van der Waals surface area contributed by atoms with Gasteiger partial charge >= 0.3 is 0 Å². The summed E-state index contributed by atoms with van der Waals surface area (Å²) in [5.41, 5.74) is 23.5. The Labute approximate surface area is 407 Å². The van der Waals surface area contributed by atoms with E-state index in [4.69, 9.17) is 0 Å². The van der Waals surface area contributed by atoms with E-state index in [0.717, 1.165) is 24.2 Å². The predicted molar refractivity (Wildman–Crippen MR) is 291 cm³/mol. The van der Waals surface area contributed by atoms with Gasteiger partial charge in [0.15, 0.2) is 0 Å². The van der Waals surface area contributed by atoms with Crippen LogP contribution in [0.25, 0.3) is 56.7 Å². The van der Waals surface area contributed by atoms with Crippen molar-refractivity contribution in [3.05, 3.63) is 293 Å². The molecule has 12 rings (SSSR count). The highest BCUT2D eigenvalue weighted by Gasteiger charge is 2.46. The van der Waals surface area contributed by atoms with E-state index in [1.807, 2.05) is 0 Å². The van der Waals surface area contributed by atoms with E-state index < -0.39 is 5.41 Å². The lowest BCUT2D eigenvalue weighted by atomic mass is 9.67. The van der Waals surface area contributed by atoms with Crippen LogP contribution in [0.4, 0.5) is 17.1 Å². The minimum atomic E-state index is -0.423. The van der Waals surface area contributed by atoms with Gasteiger partial charge in [0.2, 0.25) is 0 Å². The molecule has 0 heterocycles. The van der Waals surface area contributed by atoms with Gasteiger partial charge in [0, 0.05) is 22.5 Å². The third-order valence-electron chi connectivity index (χ3n) is 15.3. The summed E-state index contributed by atoms with van der Waals surface area (Å²) in [5.74, 6) is 0. The number of anilines is 3. The lowest BCUT2D eigenvalue weighted by Gasteiger charge is -2.33. The van der Waals surface area contributed by atoms with Crippen LogP contribution in [-0.4, -0.2) is 0 Å². The molecule has 10 aromatic carbocycles. The Morgan fingerprint density at radius 1 is 0.348 bits per heavy atom. The second-order valence-corrected chi connectivity index (χ2v) is 18.6. The van der Waals surface area contributed by atoms with Crippen LogP contribution < -0.4 is 4.90 Å². The lowest BCUT2D eigenvalue weighted by molar-refractivity contribution is 0.490. The molecule has 2 aliphatic carbocycles. The number of para-hydroxylation sites is 1. The molecule has 0 spiro atoms. The van der Waals surface area contributed by atoms with Crippen molar-refractivity contribution in [2.45, 2.75) is 37.5 Å². The fourth-order valence-corrected chi connectivity index (χ4v) is 11.9. The van der Waals surface area contributed by atoms with Gasteiger partial charge in [-0.05, 0) is 138 Å². The quantitative estimate of drug-likeness (QED) is 0.117. The van der Waals surface area contributed by atoms with Crippen molar-refractivity contribution in [2.24, 2.45) is 0 Å². The Balaban J connectivity index is 0.899. The maximum Gasteiger partial charge on any atom is 0.0713 e. The van der Waals surface area contributed by atoms with Crippen LogP contribution in [0.3, 0.4) is 0 Å². The normalized spacial score (nSPS) is 13.7. The first-order valence-corrected chi connectivity index (χ1v) is 24.5.